The summed E-state index contributed by atoms with van der Waals surface area (Å²) in [6.07, 6.45) is -0.0929. The van der Waals surface area contributed by atoms with Crippen LogP contribution in [0.5, 0.6) is 5.75 Å². The molecular weight excluding hydrogens is 219 g/mol. The highest BCUT2D eigenvalue weighted by Gasteiger charge is 2.14. The Morgan fingerprint density at radius 2 is 2.07 bits per heavy atom. The first-order valence-electron chi connectivity index (χ1n) is 4.58. The Morgan fingerprint density at radius 3 is 2.53 bits per heavy atom. The van der Waals surface area contributed by atoms with Gasteiger partial charge in [0.2, 0.25) is 0 Å². The lowest BCUT2D eigenvalue weighted by atomic mass is 10.1. The van der Waals surface area contributed by atoms with Crippen LogP contribution >= 0.6 is 11.6 Å². The normalized spacial score (nSPS) is 10.5. The number of hydrogen-bond donors (Lipinski definition) is 0. The molecule has 0 aliphatic rings. The Labute approximate surface area is 93.0 Å². The monoisotopic (exact) mass is 230 g/mol. The summed E-state index contributed by atoms with van der Waals surface area (Å²) in [7, 11) is 0. The predicted octanol–water partition coefficient (Wildman–Crippen LogP) is 3.47. The molecule has 1 rings (SSSR count). The molecule has 0 atom stereocenters. The van der Waals surface area contributed by atoms with Crippen LogP contribution in [-0.2, 0) is 0 Å². The van der Waals surface area contributed by atoms with Gasteiger partial charge in [0.25, 0.3) is 0 Å². The first-order valence-corrected chi connectivity index (χ1v) is 4.96. The quantitative estimate of drug-likeness (QED) is 0.744. The van der Waals surface area contributed by atoms with Crippen LogP contribution in [0.15, 0.2) is 12.1 Å². The van der Waals surface area contributed by atoms with Gasteiger partial charge in [-0.1, -0.05) is 11.6 Å². The van der Waals surface area contributed by atoms with E-state index in [1.807, 2.05) is 13.8 Å². The molecule has 0 N–H and O–H groups in total. The van der Waals surface area contributed by atoms with E-state index < -0.39 is 5.82 Å². The average molecular weight is 231 g/mol. The number of benzene rings is 1. The Bertz CT molecular complexity index is 388. The highest BCUT2D eigenvalue weighted by atomic mass is 35.5. The van der Waals surface area contributed by atoms with E-state index in [2.05, 4.69) is 0 Å². The smallest absolute Gasteiger partial charge is 0.163 e. The van der Waals surface area contributed by atoms with Crippen molar-refractivity contribution in [1.82, 2.24) is 0 Å². The second-order valence-electron chi connectivity index (χ2n) is 3.49. The molecule has 1 aromatic rings. The van der Waals surface area contributed by atoms with Gasteiger partial charge in [0.05, 0.1) is 16.7 Å². The Balaban J connectivity index is 3.22. The number of carbonyl (C=O) groups is 1. The summed E-state index contributed by atoms with van der Waals surface area (Å²) in [6, 6.07) is 2.43. The largest absolute Gasteiger partial charge is 0.490 e. The van der Waals surface area contributed by atoms with Crippen molar-refractivity contribution in [3.63, 3.8) is 0 Å². The van der Waals surface area contributed by atoms with Gasteiger partial charge in [-0.3, -0.25) is 4.79 Å². The van der Waals surface area contributed by atoms with Gasteiger partial charge >= 0.3 is 0 Å². The van der Waals surface area contributed by atoms with E-state index in [0.717, 1.165) is 6.07 Å². The van der Waals surface area contributed by atoms with Crippen LogP contribution in [0.2, 0.25) is 5.02 Å². The lowest BCUT2D eigenvalue weighted by Crippen LogP contribution is -2.09. The van der Waals surface area contributed by atoms with E-state index >= 15 is 0 Å². The lowest BCUT2D eigenvalue weighted by molar-refractivity contribution is 0.101. The van der Waals surface area contributed by atoms with Crippen LogP contribution in [0.25, 0.3) is 0 Å². The second-order valence-corrected chi connectivity index (χ2v) is 3.89. The molecule has 0 heterocycles. The van der Waals surface area contributed by atoms with E-state index in [4.69, 9.17) is 16.3 Å². The van der Waals surface area contributed by atoms with E-state index in [1.54, 1.807) is 0 Å². The maximum absolute atomic E-state index is 13.1. The van der Waals surface area contributed by atoms with Crippen molar-refractivity contribution in [3.05, 3.63) is 28.5 Å². The molecule has 0 bridgehead atoms. The Kier molecular flexibility index (Phi) is 3.69. The maximum atomic E-state index is 13.1. The van der Waals surface area contributed by atoms with Gasteiger partial charge in [-0.15, -0.1) is 0 Å². The van der Waals surface area contributed by atoms with Gasteiger partial charge in [-0.25, -0.2) is 4.39 Å². The summed E-state index contributed by atoms with van der Waals surface area (Å²) in [5, 5.41) is -0.0457. The van der Waals surface area contributed by atoms with Crippen LogP contribution in [0, 0.1) is 5.82 Å². The van der Waals surface area contributed by atoms with Crippen molar-refractivity contribution in [2.45, 2.75) is 26.9 Å². The van der Waals surface area contributed by atoms with E-state index in [9.17, 15) is 9.18 Å². The summed E-state index contributed by atoms with van der Waals surface area (Å²) in [5.41, 5.74) is 0.214. The first kappa shape index (κ1) is 12.0. The number of ketones is 1. The molecule has 0 fully saturated rings. The molecule has 0 aliphatic carbocycles. The van der Waals surface area contributed by atoms with Crippen molar-refractivity contribution < 1.29 is 13.9 Å². The highest BCUT2D eigenvalue weighted by Crippen LogP contribution is 2.27. The van der Waals surface area contributed by atoms with E-state index in [-0.39, 0.29) is 22.5 Å². The summed E-state index contributed by atoms with van der Waals surface area (Å²) in [6.45, 7) is 5.00. The molecule has 0 amide bonds. The van der Waals surface area contributed by atoms with Gasteiger partial charge in [-0.2, -0.15) is 0 Å². The minimum absolute atomic E-state index is 0.0457. The zero-order valence-electron chi connectivity index (χ0n) is 8.80. The van der Waals surface area contributed by atoms with Crippen molar-refractivity contribution in [2.75, 3.05) is 0 Å². The first-order chi connectivity index (χ1) is 6.91. The summed E-state index contributed by atoms with van der Waals surface area (Å²) in [5.74, 6) is -0.539. The second kappa shape index (κ2) is 4.62. The molecule has 0 saturated heterocycles. The molecule has 0 spiro atoms. The molecule has 1 aromatic carbocycles. The van der Waals surface area contributed by atoms with Crippen molar-refractivity contribution in [3.8, 4) is 5.75 Å². The number of carbonyl (C=O) groups excluding carboxylic acids is 1. The molecule has 0 aliphatic heterocycles. The van der Waals surface area contributed by atoms with Gasteiger partial charge in [-0.05, 0) is 26.8 Å². The zero-order valence-corrected chi connectivity index (χ0v) is 9.56. The summed E-state index contributed by atoms with van der Waals surface area (Å²) < 4.78 is 18.5. The van der Waals surface area contributed by atoms with Crippen molar-refractivity contribution in [1.29, 1.82) is 0 Å². The van der Waals surface area contributed by atoms with Crippen LogP contribution < -0.4 is 4.74 Å². The molecule has 82 valence electrons. The number of rotatable bonds is 3. The fraction of sp³-hybridized carbons (Fsp3) is 0.364. The number of hydrogen-bond acceptors (Lipinski definition) is 2. The van der Waals surface area contributed by atoms with Crippen LogP contribution in [0.3, 0.4) is 0 Å². The SMILES string of the molecule is CC(=O)c1cc(F)c(Cl)cc1OC(C)C. The molecule has 0 radical (unpaired) electrons. The number of ether oxygens (including phenoxy) is 1. The topological polar surface area (TPSA) is 26.3 Å². The summed E-state index contributed by atoms with van der Waals surface area (Å²) in [4.78, 5) is 11.2. The minimum Gasteiger partial charge on any atom is -0.490 e. The van der Waals surface area contributed by atoms with Crippen LogP contribution in [-0.4, -0.2) is 11.9 Å². The van der Waals surface area contributed by atoms with E-state index in [0.29, 0.717) is 5.75 Å². The Morgan fingerprint density at radius 1 is 1.47 bits per heavy atom. The van der Waals surface area contributed by atoms with Gasteiger partial charge in [0.1, 0.15) is 11.6 Å². The molecule has 0 aromatic heterocycles. The van der Waals surface area contributed by atoms with Gasteiger partial charge < -0.3 is 4.74 Å². The number of Topliss-reactive ketones (excluding diaryl/α,β-unsaturated/α-hetero) is 1. The molecule has 0 unspecified atom stereocenters. The zero-order chi connectivity index (χ0) is 11.6. The highest BCUT2D eigenvalue weighted by molar-refractivity contribution is 6.31. The summed E-state index contributed by atoms with van der Waals surface area (Å²) >= 11 is 5.61. The standard InChI is InChI=1S/C11H12ClFO2/c1-6(2)15-11-5-9(12)10(13)4-8(11)7(3)14/h4-6H,1-3H3. The molecular formula is C11H12ClFO2. The molecule has 4 heteroatoms. The van der Waals surface area contributed by atoms with Gasteiger partial charge in [0, 0.05) is 6.07 Å². The van der Waals surface area contributed by atoms with Crippen LogP contribution in [0.4, 0.5) is 4.39 Å². The van der Waals surface area contributed by atoms with Gasteiger partial charge in [0.15, 0.2) is 5.78 Å². The number of halogens is 2. The van der Waals surface area contributed by atoms with Crippen molar-refractivity contribution >= 4 is 17.4 Å². The predicted molar refractivity (Wildman–Crippen MR) is 57.2 cm³/mol. The third-order valence-corrected chi connectivity index (χ3v) is 2.05. The lowest BCUT2D eigenvalue weighted by Gasteiger charge is -2.13. The van der Waals surface area contributed by atoms with Crippen LogP contribution in [0.1, 0.15) is 31.1 Å². The van der Waals surface area contributed by atoms with Crippen molar-refractivity contribution in [2.24, 2.45) is 0 Å². The Hall–Kier alpha value is -1.09. The average Bonchev–Trinajstić information content (AvgIpc) is 2.09. The third-order valence-electron chi connectivity index (χ3n) is 1.76. The molecule has 15 heavy (non-hydrogen) atoms. The van der Waals surface area contributed by atoms with E-state index in [1.165, 1.54) is 13.0 Å². The maximum Gasteiger partial charge on any atom is 0.163 e. The third kappa shape index (κ3) is 2.93. The fourth-order valence-corrected chi connectivity index (χ4v) is 1.31. The molecule has 2 nitrogen and oxygen atoms in total. The fourth-order valence-electron chi connectivity index (χ4n) is 1.16. The molecule has 0 saturated carbocycles. The minimum atomic E-state index is -0.613.